The molecule has 0 aliphatic heterocycles. The van der Waals surface area contributed by atoms with E-state index < -0.39 is 5.97 Å². The molecule has 2 rings (SSSR count). The number of rotatable bonds is 5. The first kappa shape index (κ1) is 12.3. The summed E-state index contributed by atoms with van der Waals surface area (Å²) < 4.78 is 4.93. The first-order valence-electron chi connectivity index (χ1n) is 5.82. The lowest BCUT2D eigenvalue weighted by Gasteiger charge is -2.07. The van der Waals surface area contributed by atoms with E-state index in [1.165, 1.54) is 19.0 Å². The second kappa shape index (κ2) is 5.45. The van der Waals surface area contributed by atoms with E-state index in [4.69, 9.17) is 16.3 Å². The molecule has 0 spiro atoms. The summed E-state index contributed by atoms with van der Waals surface area (Å²) in [4.78, 5) is 20.1. The van der Waals surface area contributed by atoms with E-state index in [2.05, 4.69) is 9.97 Å². The zero-order valence-corrected chi connectivity index (χ0v) is 10.5. The zero-order valence-electron chi connectivity index (χ0n) is 9.78. The van der Waals surface area contributed by atoms with E-state index in [1.54, 1.807) is 6.92 Å². The van der Waals surface area contributed by atoms with Crippen molar-refractivity contribution in [1.82, 2.24) is 9.97 Å². The molecular weight excluding hydrogens is 240 g/mol. The van der Waals surface area contributed by atoms with Crippen LogP contribution in [0.5, 0.6) is 0 Å². The Balaban J connectivity index is 2.17. The molecule has 17 heavy (non-hydrogen) atoms. The lowest BCUT2D eigenvalue weighted by atomic mass is 10.2. The normalized spacial score (nSPS) is 14.7. The highest BCUT2D eigenvalue weighted by molar-refractivity contribution is 6.17. The molecule has 1 aromatic heterocycles. The second-order valence-corrected chi connectivity index (χ2v) is 4.42. The van der Waals surface area contributed by atoms with Crippen molar-refractivity contribution in [2.45, 2.75) is 32.1 Å². The van der Waals surface area contributed by atoms with Crippen molar-refractivity contribution in [3.05, 3.63) is 23.3 Å². The average molecular weight is 255 g/mol. The minimum absolute atomic E-state index is 0.203. The highest BCUT2D eigenvalue weighted by Crippen LogP contribution is 2.31. The Bertz CT molecular complexity index is 419. The Morgan fingerprint density at radius 2 is 2.35 bits per heavy atom. The van der Waals surface area contributed by atoms with Crippen LogP contribution in [0.3, 0.4) is 0 Å². The summed E-state index contributed by atoms with van der Waals surface area (Å²) in [6, 6.07) is 0. The maximum atomic E-state index is 11.6. The molecule has 1 heterocycles. The molecule has 0 saturated heterocycles. The summed E-state index contributed by atoms with van der Waals surface area (Å²) >= 11 is 5.80. The van der Waals surface area contributed by atoms with Crippen molar-refractivity contribution in [2.24, 2.45) is 5.92 Å². The summed E-state index contributed by atoms with van der Waals surface area (Å²) in [5.41, 5.74) is 0.942. The Morgan fingerprint density at radius 1 is 1.59 bits per heavy atom. The molecule has 92 valence electrons. The standard InChI is InChI=1S/C12H15ClN2O2/c1-2-17-12(16)9-7-14-11(5-8-3-4-8)15-10(9)6-13/h7-8H,2-6H2,1H3. The molecule has 0 radical (unpaired) electrons. The molecule has 5 heteroatoms. The van der Waals surface area contributed by atoms with Gasteiger partial charge in [-0.2, -0.15) is 0 Å². The maximum Gasteiger partial charge on any atom is 0.341 e. The van der Waals surface area contributed by atoms with Crippen molar-refractivity contribution in [2.75, 3.05) is 6.61 Å². The maximum absolute atomic E-state index is 11.6. The van der Waals surface area contributed by atoms with Gasteiger partial charge in [0.15, 0.2) is 0 Å². The fourth-order valence-corrected chi connectivity index (χ4v) is 1.82. The van der Waals surface area contributed by atoms with Gasteiger partial charge in [0.05, 0.1) is 18.2 Å². The van der Waals surface area contributed by atoms with Crippen LogP contribution in [0.4, 0.5) is 0 Å². The van der Waals surface area contributed by atoms with Crippen LogP contribution in [-0.4, -0.2) is 22.5 Å². The molecular formula is C12H15ClN2O2. The average Bonchev–Trinajstić information content (AvgIpc) is 3.13. The number of hydrogen-bond donors (Lipinski definition) is 0. The molecule has 4 nitrogen and oxygen atoms in total. The van der Waals surface area contributed by atoms with E-state index >= 15 is 0 Å². The predicted molar refractivity (Wildman–Crippen MR) is 64.0 cm³/mol. The number of ether oxygens (including phenoxy) is 1. The van der Waals surface area contributed by atoms with E-state index in [0.717, 1.165) is 12.2 Å². The molecule has 0 N–H and O–H groups in total. The Labute approximate surface area is 105 Å². The van der Waals surface area contributed by atoms with E-state index in [1.807, 2.05) is 0 Å². The third-order valence-corrected chi connectivity index (χ3v) is 2.96. The van der Waals surface area contributed by atoms with Crippen molar-refractivity contribution in [3.63, 3.8) is 0 Å². The smallest absolute Gasteiger partial charge is 0.341 e. The molecule has 0 unspecified atom stereocenters. The lowest BCUT2D eigenvalue weighted by Crippen LogP contribution is -2.11. The van der Waals surface area contributed by atoms with Gasteiger partial charge in [0.1, 0.15) is 11.4 Å². The lowest BCUT2D eigenvalue weighted by molar-refractivity contribution is 0.0524. The number of carbonyl (C=O) groups is 1. The Hall–Kier alpha value is -1.16. The quantitative estimate of drug-likeness (QED) is 0.598. The van der Waals surface area contributed by atoms with Crippen LogP contribution in [0, 0.1) is 5.92 Å². The Kier molecular flexibility index (Phi) is 3.94. The topological polar surface area (TPSA) is 52.1 Å². The van der Waals surface area contributed by atoms with Crippen LogP contribution in [0.1, 0.15) is 41.6 Å². The number of nitrogens with zero attached hydrogens (tertiary/aromatic N) is 2. The molecule has 1 fully saturated rings. The minimum Gasteiger partial charge on any atom is -0.462 e. The van der Waals surface area contributed by atoms with E-state index in [-0.39, 0.29) is 5.88 Å². The molecule has 1 saturated carbocycles. The highest BCUT2D eigenvalue weighted by atomic mass is 35.5. The largest absolute Gasteiger partial charge is 0.462 e. The van der Waals surface area contributed by atoms with E-state index in [9.17, 15) is 4.79 Å². The van der Waals surface area contributed by atoms with Gasteiger partial charge in [-0.15, -0.1) is 11.6 Å². The summed E-state index contributed by atoms with van der Waals surface area (Å²) in [7, 11) is 0. The predicted octanol–water partition coefficient (Wildman–Crippen LogP) is 2.34. The molecule has 1 aliphatic rings. The van der Waals surface area contributed by atoms with Gasteiger partial charge >= 0.3 is 5.97 Å². The minimum atomic E-state index is -0.402. The summed E-state index contributed by atoms with van der Waals surface area (Å²) in [5, 5.41) is 0. The highest BCUT2D eigenvalue weighted by Gasteiger charge is 2.24. The first-order valence-corrected chi connectivity index (χ1v) is 6.36. The van der Waals surface area contributed by atoms with Crippen LogP contribution in [0.2, 0.25) is 0 Å². The third-order valence-electron chi connectivity index (χ3n) is 2.71. The van der Waals surface area contributed by atoms with Gasteiger partial charge in [0, 0.05) is 12.6 Å². The van der Waals surface area contributed by atoms with E-state index in [0.29, 0.717) is 23.8 Å². The van der Waals surface area contributed by atoms with Gasteiger partial charge in [-0.25, -0.2) is 14.8 Å². The summed E-state index contributed by atoms with van der Waals surface area (Å²) in [6.45, 7) is 2.10. The number of esters is 1. The summed E-state index contributed by atoms with van der Waals surface area (Å²) in [5.74, 6) is 1.29. The third kappa shape index (κ3) is 3.16. The van der Waals surface area contributed by atoms with Crippen molar-refractivity contribution >= 4 is 17.6 Å². The van der Waals surface area contributed by atoms with Gasteiger partial charge in [0.25, 0.3) is 0 Å². The van der Waals surface area contributed by atoms with Crippen LogP contribution in [0.25, 0.3) is 0 Å². The summed E-state index contributed by atoms with van der Waals surface area (Å²) in [6.07, 6.45) is 4.91. The molecule has 0 aromatic carbocycles. The van der Waals surface area contributed by atoms with Gasteiger partial charge in [0.2, 0.25) is 0 Å². The van der Waals surface area contributed by atoms with Gasteiger partial charge in [-0.3, -0.25) is 0 Å². The number of aromatic nitrogens is 2. The number of carbonyl (C=O) groups excluding carboxylic acids is 1. The number of halogens is 1. The molecule has 1 aliphatic carbocycles. The van der Waals surface area contributed by atoms with Crippen LogP contribution >= 0.6 is 11.6 Å². The van der Waals surface area contributed by atoms with Gasteiger partial charge < -0.3 is 4.74 Å². The van der Waals surface area contributed by atoms with Gasteiger partial charge in [-0.1, -0.05) is 0 Å². The molecule has 0 atom stereocenters. The van der Waals surface area contributed by atoms with Crippen molar-refractivity contribution in [3.8, 4) is 0 Å². The molecule has 1 aromatic rings. The van der Waals surface area contributed by atoms with Crippen LogP contribution in [0.15, 0.2) is 6.20 Å². The van der Waals surface area contributed by atoms with Crippen molar-refractivity contribution in [1.29, 1.82) is 0 Å². The Morgan fingerprint density at radius 3 is 2.94 bits per heavy atom. The monoisotopic (exact) mass is 254 g/mol. The number of alkyl halides is 1. The molecule has 0 bridgehead atoms. The number of hydrogen-bond acceptors (Lipinski definition) is 4. The van der Waals surface area contributed by atoms with Crippen LogP contribution in [-0.2, 0) is 17.0 Å². The fourth-order valence-electron chi connectivity index (χ4n) is 1.62. The van der Waals surface area contributed by atoms with Crippen molar-refractivity contribution < 1.29 is 9.53 Å². The zero-order chi connectivity index (χ0) is 12.3. The molecule has 0 amide bonds. The second-order valence-electron chi connectivity index (χ2n) is 4.15. The van der Waals surface area contributed by atoms with Gasteiger partial charge in [-0.05, 0) is 25.7 Å². The van der Waals surface area contributed by atoms with Crippen LogP contribution < -0.4 is 0 Å². The fraction of sp³-hybridized carbons (Fsp3) is 0.583. The first-order chi connectivity index (χ1) is 8.24. The SMILES string of the molecule is CCOC(=O)c1cnc(CC2CC2)nc1CCl.